The number of hydrogen-bond donors (Lipinski definition) is 0. The van der Waals surface area contributed by atoms with Gasteiger partial charge >= 0.3 is 0 Å². The third kappa shape index (κ3) is 4.96. The molecule has 34 heavy (non-hydrogen) atoms. The molecule has 0 radical (unpaired) electrons. The van der Waals surface area contributed by atoms with E-state index in [1.54, 1.807) is 6.07 Å². The van der Waals surface area contributed by atoms with E-state index < -0.39 is 0 Å². The Bertz CT molecular complexity index is 1180. The summed E-state index contributed by atoms with van der Waals surface area (Å²) in [4.78, 5) is 2.33. The van der Waals surface area contributed by atoms with Gasteiger partial charge in [-0.1, -0.05) is 60.1 Å². The predicted octanol–water partition coefficient (Wildman–Crippen LogP) is 7.61. The lowest BCUT2D eigenvalue weighted by atomic mass is 9.86. The molecular formula is C30H30ClF2N. The monoisotopic (exact) mass is 477 g/mol. The minimum atomic E-state index is -0.233. The van der Waals surface area contributed by atoms with Crippen LogP contribution in [0.4, 0.5) is 8.78 Å². The third-order valence-corrected chi connectivity index (χ3v) is 7.36. The summed E-state index contributed by atoms with van der Waals surface area (Å²) in [5.74, 6) is 0.515. The van der Waals surface area contributed by atoms with Gasteiger partial charge in [0.25, 0.3) is 0 Å². The summed E-state index contributed by atoms with van der Waals surface area (Å²) in [6.45, 7) is 2.74. The number of halogens is 3. The van der Waals surface area contributed by atoms with Crippen molar-refractivity contribution in [3.63, 3.8) is 0 Å². The van der Waals surface area contributed by atoms with E-state index in [1.807, 2.05) is 24.3 Å². The van der Waals surface area contributed by atoms with Gasteiger partial charge in [-0.05, 0) is 95.2 Å². The molecule has 0 unspecified atom stereocenters. The van der Waals surface area contributed by atoms with Crippen LogP contribution >= 0.6 is 11.6 Å². The third-order valence-electron chi connectivity index (χ3n) is 7.12. The van der Waals surface area contributed by atoms with Crippen molar-refractivity contribution in [1.82, 2.24) is 4.90 Å². The smallest absolute Gasteiger partial charge is 0.127 e. The zero-order valence-corrected chi connectivity index (χ0v) is 20.1. The van der Waals surface area contributed by atoms with E-state index in [-0.39, 0.29) is 12.5 Å². The lowest BCUT2D eigenvalue weighted by Crippen LogP contribution is -2.47. The minimum absolute atomic E-state index is 0.124. The maximum absolute atomic E-state index is 14.8. The molecule has 1 aliphatic carbocycles. The molecule has 2 aliphatic rings. The largest absolute Gasteiger partial charge is 0.303 e. The number of nitrogens with zero attached hydrogens (tertiary/aromatic N) is 1. The van der Waals surface area contributed by atoms with Crippen molar-refractivity contribution in [2.24, 2.45) is 5.92 Å². The Morgan fingerprint density at radius 3 is 2.47 bits per heavy atom. The highest BCUT2D eigenvalue weighted by molar-refractivity contribution is 6.30. The standard InChI is InChI=1S/C30H30ClF2N/c31-25-6-1-5-24(18-25)26-7-2-8-27-28(9-3-10-29(27)33)30(26)23-13-11-21(12-14-23)17-22-19-34(20-22)16-4-15-32/h1,3,5-6,9-14,18,22H,2,4,7-8,15-17,19-20H2. The molecule has 4 heteroatoms. The first-order valence-corrected chi connectivity index (χ1v) is 12.6. The topological polar surface area (TPSA) is 3.24 Å². The lowest BCUT2D eigenvalue weighted by Gasteiger charge is -2.39. The van der Waals surface area contributed by atoms with Crippen molar-refractivity contribution in [1.29, 1.82) is 0 Å². The van der Waals surface area contributed by atoms with Gasteiger partial charge in [-0.25, -0.2) is 4.39 Å². The molecule has 1 aliphatic heterocycles. The number of likely N-dealkylation sites (tertiary alicyclic amines) is 1. The fourth-order valence-electron chi connectivity index (χ4n) is 5.48. The predicted molar refractivity (Wildman–Crippen MR) is 137 cm³/mol. The van der Waals surface area contributed by atoms with Gasteiger partial charge in [-0.15, -0.1) is 0 Å². The molecule has 0 N–H and O–H groups in total. The van der Waals surface area contributed by atoms with Gasteiger partial charge in [-0.3, -0.25) is 4.39 Å². The molecule has 1 nitrogen and oxygen atoms in total. The van der Waals surface area contributed by atoms with Crippen LogP contribution in [-0.2, 0) is 12.8 Å². The first kappa shape index (κ1) is 23.3. The highest BCUT2D eigenvalue weighted by Gasteiger charge is 2.26. The van der Waals surface area contributed by atoms with Crippen molar-refractivity contribution in [2.45, 2.75) is 32.1 Å². The van der Waals surface area contributed by atoms with Crippen molar-refractivity contribution >= 4 is 22.7 Å². The Morgan fingerprint density at radius 2 is 1.71 bits per heavy atom. The van der Waals surface area contributed by atoms with Crippen LogP contribution in [0.3, 0.4) is 0 Å². The zero-order chi connectivity index (χ0) is 23.5. The fourth-order valence-corrected chi connectivity index (χ4v) is 5.67. The maximum Gasteiger partial charge on any atom is 0.127 e. The molecule has 0 aromatic heterocycles. The van der Waals surface area contributed by atoms with Crippen molar-refractivity contribution in [3.8, 4) is 0 Å². The molecule has 0 amide bonds. The first-order valence-electron chi connectivity index (χ1n) is 12.3. The second-order valence-electron chi connectivity index (χ2n) is 9.55. The van der Waals surface area contributed by atoms with Crippen LogP contribution in [-0.4, -0.2) is 31.2 Å². The number of alkyl halides is 1. The van der Waals surface area contributed by atoms with Gasteiger partial charge in [0.2, 0.25) is 0 Å². The molecule has 0 atom stereocenters. The molecule has 0 saturated carbocycles. The van der Waals surface area contributed by atoms with Crippen LogP contribution < -0.4 is 0 Å². The summed E-state index contributed by atoms with van der Waals surface area (Å²) in [5.41, 5.74) is 7.67. The van der Waals surface area contributed by atoms with E-state index in [2.05, 4.69) is 41.3 Å². The maximum atomic E-state index is 14.8. The van der Waals surface area contributed by atoms with E-state index in [1.165, 1.54) is 11.1 Å². The van der Waals surface area contributed by atoms with Gasteiger partial charge < -0.3 is 4.90 Å². The van der Waals surface area contributed by atoms with Crippen molar-refractivity contribution < 1.29 is 8.78 Å². The summed E-state index contributed by atoms with van der Waals surface area (Å²) in [7, 11) is 0. The molecular weight excluding hydrogens is 448 g/mol. The summed E-state index contributed by atoms with van der Waals surface area (Å²) >= 11 is 6.35. The number of fused-ring (bicyclic) bond motifs is 1. The first-order chi connectivity index (χ1) is 16.6. The Kier molecular flexibility index (Phi) is 7.12. The van der Waals surface area contributed by atoms with Crippen LogP contribution in [0.15, 0.2) is 66.7 Å². The van der Waals surface area contributed by atoms with Crippen LogP contribution in [0.1, 0.15) is 47.1 Å². The zero-order valence-electron chi connectivity index (χ0n) is 19.4. The van der Waals surface area contributed by atoms with Gasteiger partial charge in [0.05, 0.1) is 6.67 Å². The molecule has 1 heterocycles. The number of rotatable bonds is 7. The van der Waals surface area contributed by atoms with Crippen LogP contribution in [0, 0.1) is 11.7 Å². The molecule has 0 spiro atoms. The lowest BCUT2D eigenvalue weighted by molar-refractivity contribution is 0.0968. The van der Waals surface area contributed by atoms with E-state index in [0.29, 0.717) is 17.4 Å². The highest BCUT2D eigenvalue weighted by Crippen LogP contribution is 2.41. The van der Waals surface area contributed by atoms with Crippen LogP contribution in [0.5, 0.6) is 0 Å². The van der Waals surface area contributed by atoms with Crippen LogP contribution in [0.25, 0.3) is 11.1 Å². The molecule has 3 aromatic carbocycles. The molecule has 1 fully saturated rings. The summed E-state index contributed by atoms with van der Waals surface area (Å²) in [6.07, 6.45) is 4.18. The van der Waals surface area contributed by atoms with E-state index in [4.69, 9.17) is 11.6 Å². The van der Waals surface area contributed by atoms with Gasteiger partial charge in [0.15, 0.2) is 0 Å². The second kappa shape index (κ2) is 10.4. The Balaban J connectivity index is 1.47. The SMILES string of the molecule is FCCCN1CC(Cc2ccc(C3=C(c4cccc(Cl)c4)CCCc4c(F)cccc43)cc2)C1. The fraction of sp³-hybridized carbons (Fsp3) is 0.333. The Labute approximate surface area is 206 Å². The van der Waals surface area contributed by atoms with Gasteiger partial charge in [0, 0.05) is 24.7 Å². The highest BCUT2D eigenvalue weighted by atomic mass is 35.5. The summed E-state index contributed by atoms with van der Waals surface area (Å²) < 4.78 is 27.2. The Morgan fingerprint density at radius 1 is 0.912 bits per heavy atom. The molecule has 5 rings (SSSR count). The van der Waals surface area contributed by atoms with Gasteiger partial charge in [0.1, 0.15) is 5.82 Å². The van der Waals surface area contributed by atoms with Crippen molar-refractivity contribution in [2.75, 3.05) is 26.3 Å². The quantitative estimate of drug-likeness (QED) is 0.338. The normalized spacial score (nSPS) is 16.8. The summed E-state index contributed by atoms with van der Waals surface area (Å²) in [6, 6.07) is 22.2. The van der Waals surface area contributed by atoms with E-state index >= 15 is 0 Å². The average Bonchev–Trinajstić information content (AvgIpc) is 3.02. The van der Waals surface area contributed by atoms with Crippen molar-refractivity contribution in [3.05, 3.63) is 105 Å². The van der Waals surface area contributed by atoms with Crippen LogP contribution in [0.2, 0.25) is 5.02 Å². The van der Waals surface area contributed by atoms with Gasteiger partial charge in [-0.2, -0.15) is 0 Å². The van der Waals surface area contributed by atoms with E-state index in [0.717, 1.165) is 73.1 Å². The molecule has 1 saturated heterocycles. The summed E-state index contributed by atoms with van der Waals surface area (Å²) in [5, 5.41) is 0.712. The Hall–Kier alpha value is -2.49. The average molecular weight is 478 g/mol. The molecule has 3 aromatic rings. The number of hydrogen-bond acceptors (Lipinski definition) is 1. The number of benzene rings is 3. The molecule has 176 valence electrons. The second-order valence-corrected chi connectivity index (χ2v) is 9.99. The number of allylic oxidation sites excluding steroid dienone is 1. The van der Waals surface area contributed by atoms with E-state index in [9.17, 15) is 8.78 Å². The minimum Gasteiger partial charge on any atom is -0.303 e. The molecule has 0 bridgehead atoms.